The minimum absolute atomic E-state index is 0.262. The summed E-state index contributed by atoms with van der Waals surface area (Å²) in [6, 6.07) is 0. The van der Waals surface area contributed by atoms with Gasteiger partial charge in [-0.15, -0.1) is 0 Å². The Morgan fingerprint density at radius 1 is 1.40 bits per heavy atom. The highest BCUT2D eigenvalue weighted by Crippen LogP contribution is 2.21. The molecule has 0 atom stereocenters. The van der Waals surface area contributed by atoms with E-state index in [1.54, 1.807) is 14.0 Å². The molecule has 0 saturated heterocycles. The van der Waals surface area contributed by atoms with Crippen LogP contribution in [-0.4, -0.2) is 56.3 Å². The van der Waals surface area contributed by atoms with Crippen LogP contribution in [0.2, 0.25) is 0 Å². The zero-order valence-corrected chi connectivity index (χ0v) is 13.4. The second-order valence-electron chi connectivity index (χ2n) is 4.43. The maximum atomic E-state index is 12.6. The van der Waals surface area contributed by atoms with E-state index in [9.17, 15) is 8.42 Å². The van der Waals surface area contributed by atoms with Crippen molar-refractivity contribution in [3.63, 3.8) is 0 Å². The maximum Gasteiger partial charge on any atom is 0.246 e. The highest BCUT2D eigenvalue weighted by atomic mass is 32.2. The first-order valence-electron chi connectivity index (χ1n) is 6.73. The fourth-order valence-corrected chi connectivity index (χ4v) is 3.26. The van der Waals surface area contributed by atoms with Gasteiger partial charge in [0.05, 0.1) is 18.0 Å². The fraction of sp³-hybridized carbons (Fsp3) is 0.750. The summed E-state index contributed by atoms with van der Waals surface area (Å²) in [4.78, 5) is 0.262. The Kier molecular flexibility index (Phi) is 6.60. The maximum absolute atomic E-state index is 12.6. The fourth-order valence-electron chi connectivity index (χ4n) is 1.79. The molecule has 0 amide bonds. The van der Waals surface area contributed by atoms with Gasteiger partial charge in [-0.1, -0.05) is 6.92 Å². The van der Waals surface area contributed by atoms with Crippen LogP contribution in [-0.2, 0) is 21.3 Å². The molecule has 1 rings (SSSR count). The molecule has 0 aliphatic carbocycles. The van der Waals surface area contributed by atoms with Crippen LogP contribution in [0, 0.1) is 6.92 Å². The van der Waals surface area contributed by atoms with Crippen LogP contribution >= 0.6 is 0 Å². The SMILES string of the molecule is CCNCc1n[nH]c(C)c1S(=O)(=O)N(C)CCOCC. The van der Waals surface area contributed by atoms with Crippen molar-refractivity contribution in [3.8, 4) is 0 Å². The van der Waals surface area contributed by atoms with Crippen molar-refractivity contribution in [2.24, 2.45) is 0 Å². The Balaban J connectivity index is 2.93. The molecule has 0 aliphatic heterocycles. The number of nitrogens with one attached hydrogen (secondary N) is 2. The van der Waals surface area contributed by atoms with Crippen molar-refractivity contribution in [1.29, 1.82) is 0 Å². The van der Waals surface area contributed by atoms with Gasteiger partial charge in [0.15, 0.2) is 0 Å². The van der Waals surface area contributed by atoms with Gasteiger partial charge in [-0.3, -0.25) is 5.10 Å². The van der Waals surface area contributed by atoms with Crippen LogP contribution < -0.4 is 5.32 Å². The molecule has 1 aromatic heterocycles. The van der Waals surface area contributed by atoms with E-state index in [4.69, 9.17) is 4.74 Å². The molecular weight excluding hydrogens is 280 g/mol. The Morgan fingerprint density at radius 3 is 2.70 bits per heavy atom. The Labute approximate surface area is 120 Å². The normalized spacial score (nSPS) is 12.2. The molecule has 2 N–H and O–H groups in total. The molecule has 20 heavy (non-hydrogen) atoms. The predicted octanol–water partition coefficient (Wildman–Crippen LogP) is 0.485. The van der Waals surface area contributed by atoms with E-state index in [1.807, 2.05) is 13.8 Å². The third-order valence-electron chi connectivity index (χ3n) is 2.93. The molecule has 0 saturated carbocycles. The molecular formula is C12H24N4O3S. The van der Waals surface area contributed by atoms with Gasteiger partial charge in [0, 0.05) is 26.7 Å². The van der Waals surface area contributed by atoms with Gasteiger partial charge in [-0.05, 0) is 20.4 Å². The first kappa shape index (κ1) is 17.1. The number of aromatic nitrogens is 2. The van der Waals surface area contributed by atoms with Gasteiger partial charge in [0.1, 0.15) is 4.90 Å². The van der Waals surface area contributed by atoms with Gasteiger partial charge in [-0.25, -0.2) is 8.42 Å². The molecule has 0 aromatic carbocycles. The Bertz CT molecular complexity index is 513. The number of ether oxygens (including phenoxy) is 1. The van der Waals surface area contributed by atoms with Crippen molar-refractivity contribution < 1.29 is 13.2 Å². The van der Waals surface area contributed by atoms with Gasteiger partial charge in [0.25, 0.3) is 0 Å². The highest BCUT2D eigenvalue weighted by molar-refractivity contribution is 7.89. The van der Waals surface area contributed by atoms with Crippen LogP contribution in [0.1, 0.15) is 25.2 Å². The molecule has 1 heterocycles. The zero-order valence-electron chi connectivity index (χ0n) is 12.6. The number of aromatic amines is 1. The number of hydrogen-bond donors (Lipinski definition) is 2. The van der Waals surface area contributed by atoms with Crippen molar-refractivity contribution in [2.75, 3.05) is 33.4 Å². The number of sulfonamides is 1. The molecule has 0 spiro atoms. The molecule has 116 valence electrons. The van der Waals surface area contributed by atoms with Crippen LogP contribution in [0.5, 0.6) is 0 Å². The number of H-pyrrole nitrogens is 1. The molecule has 8 heteroatoms. The molecule has 1 aromatic rings. The van der Waals surface area contributed by atoms with Gasteiger partial charge >= 0.3 is 0 Å². The summed E-state index contributed by atoms with van der Waals surface area (Å²) in [6.07, 6.45) is 0. The van der Waals surface area contributed by atoms with Gasteiger partial charge in [0.2, 0.25) is 10.0 Å². The first-order valence-corrected chi connectivity index (χ1v) is 8.17. The zero-order chi connectivity index (χ0) is 15.2. The van der Waals surface area contributed by atoms with E-state index in [1.165, 1.54) is 4.31 Å². The van der Waals surface area contributed by atoms with Crippen molar-refractivity contribution in [1.82, 2.24) is 19.8 Å². The molecule has 0 unspecified atom stereocenters. The number of hydrogen-bond acceptors (Lipinski definition) is 5. The van der Waals surface area contributed by atoms with E-state index >= 15 is 0 Å². The lowest BCUT2D eigenvalue weighted by atomic mass is 10.3. The van der Waals surface area contributed by atoms with E-state index in [0.717, 1.165) is 6.54 Å². The number of aryl methyl sites for hydroxylation is 1. The third kappa shape index (κ3) is 4.02. The van der Waals surface area contributed by atoms with Crippen LogP contribution in [0.3, 0.4) is 0 Å². The lowest BCUT2D eigenvalue weighted by molar-refractivity contribution is 0.138. The molecule has 0 bridgehead atoms. The van der Waals surface area contributed by atoms with E-state index < -0.39 is 10.0 Å². The van der Waals surface area contributed by atoms with Crippen molar-refractivity contribution in [3.05, 3.63) is 11.4 Å². The Hall–Kier alpha value is -0.960. The van der Waals surface area contributed by atoms with E-state index in [2.05, 4.69) is 15.5 Å². The van der Waals surface area contributed by atoms with Crippen LogP contribution in [0.15, 0.2) is 4.90 Å². The number of nitrogens with zero attached hydrogens (tertiary/aromatic N) is 2. The minimum Gasteiger partial charge on any atom is -0.380 e. The van der Waals surface area contributed by atoms with Crippen molar-refractivity contribution >= 4 is 10.0 Å². The second-order valence-corrected chi connectivity index (χ2v) is 6.41. The highest BCUT2D eigenvalue weighted by Gasteiger charge is 2.28. The summed E-state index contributed by atoms with van der Waals surface area (Å²) in [5.41, 5.74) is 1.08. The number of likely N-dealkylation sites (N-methyl/N-ethyl adjacent to an activating group) is 1. The minimum atomic E-state index is -3.55. The average Bonchev–Trinajstić information content (AvgIpc) is 2.78. The smallest absolute Gasteiger partial charge is 0.246 e. The monoisotopic (exact) mass is 304 g/mol. The largest absolute Gasteiger partial charge is 0.380 e. The number of rotatable bonds is 9. The Morgan fingerprint density at radius 2 is 2.10 bits per heavy atom. The summed E-state index contributed by atoms with van der Waals surface area (Å²) in [5, 5.41) is 9.91. The average molecular weight is 304 g/mol. The summed E-state index contributed by atoms with van der Waals surface area (Å²) < 4.78 is 31.7. The molecule has 0 aliphatic rings. The predicted molar refractivity (Wildman–Crippen MR) is 77.0 cm³/mol. The summed E-state index contributed by atoms with van der Waals surface area (Å²) in [6.45, 7) is 8.01. The van der Waals surface area contributed by atoms with Gasteiger partial charge in [-0.2, -0.15) is 9.40 Å². The standard InChI is InChI=1S/C12H24N4O3S/c1-5-13-9-11-12(10(3)14-15-11)20(17,18)16(4)7-8-19-6-2/h13H,5-9H2,1-4H3,(H,14,15). The summed E-state index contributed by atoms with van der Waals surface area (Å²) in [7, 11) is -1.99. The second kappa shape index (κ2) is 7.72. The van der Waals surface area contributed by atoms with Gasteiger partial charge < -0.3 is 10.1 Å². The quantitative estimate of drug-likeness (QED) is 0.648. The summed E-state index contributed by atoms with van der Waals surface area (Å²) >= 11 is 0. The summed E-state index contributed by atoms with van der Waals surface area (Å²) in [5.74, 6) is 0. The van der Waals surface area contributed by atoms with Crippen LogP contribution in [0.25, 0.3) is 0 Å². The molecule has 7 nitrogen and oxygen atoms in total. The first-order chi connectivity index (χ1) is 9.45. The van der Waals surface area contributed by atoms with Crippen molar-refractivity contribution in [2.45, 2.75) is 32.2 Å². The topological polar surface area (TPSA) is 87.3 Å². The van der Waals surface area contributed by atoms with E-state index in [0.29, 0.717) is 37.7 Å². The molecule has 0 fully saturated rings. The lowest BCUT2D eigenvalue weighted by Crippen LogP contribution is -2.31. The molecule has 0 radical (unpaired) electrons. The lowest BCUT2D eigenvalue weighted by Gasteiger charge is -2.17. The van der Waals surface area contributed by atoms with Crippen LogP contribution in [0.4, 0.5) is 0 Å². The van der Waals surface area contributed by atoms with E-state index in [-0.39, 0.29) is 4.90 Å². The third-order valence-corrected chi connectivity index (χ3v) is 4.99.